The molecule has 0 aromatic heterocycles. The van der Waals surface area contributed by atoms with Crippen molar-refractivity contribution >= 4 is 44.6 Å². The quantitative estimate of drug-likeness (QED) is 0.318. The molecule has 1 saturated heterocycles. The Kier molecular flexibility index (Phi) is 7.67. The van der Waals surface area contributed by atoms with Crippen molar-refractivity contribution < 1.29 is 22.9 Å². The number of sulfonamides is 1. The first kappa shape index (κ1) is 23.9. The number of anilines is 2. The van der Waals surface area contributed by atoms with Crippen LogP contribution in [0.2, 0.25) is 5.02 Å². The predicted octanol–water partition coefficient (Wildman–Crippen LogP) is 3.34. The van der Waals surface area contributed by atoms with Gasteiger partial charge in [-0.05, 0) is 37.1 Å². The molecule has 0 unspecified atom stereocenters. The lowest BCUT2D eigenvalue weighted by Gasteiger charge is -2.17. The van der Waals surface area contributed by atoms with Crippen LogP contribution in [0.3, 0.4) is 0 Å². The molecule has 3 rings (SSSR count). The van der Waals surface area contributed by atoms with E-state index in [4.69, 9.17) is 16.3 Å². The number of carbonyl (C=O) groups is 1. The molecule has 1 fully saturated rings. The number of methoxy groups -OCH3 is 1. The summed E-state index contributed by atoms with van der Waals surface area (Å²) in [5, 5.41) is 16.8. The fourth-order valence-corrected chi connectivity index (χ4v) is 5.34. The van der Waals surface area contributed by atoms with Gasteiger partial charge in [-0.3, -0.25) is 14.9 Å². The van der Waals surface area contributed by atoms with Crippen LogP contribution in [0.15, 0.2) is 41.3 Å². The number of rotatable bonds is 9. The first-order valence-electron chi connectivity index (χ1n) is 9.86. The number of hydrogen-bond donors (Lipinski definition) is 2. The van der Waals surface area contributed by atoms with Crippen LogP contribution in [0.1, 0.15) is 23.2 Å². The third-order valence-electron chi connectivity index (χ3n) is 4.95. The molecule has 0 spiro atoms. The van der Waals surface area contributed by atoms with Gasteiger partial charge in [0.2, 0.25) is 10.0 Å². The zero-order valence-corrected chi connectivity index (χ0v) is 18.9. The van der Waals surface area contributed by atoms with E-state index in [9.17, 15) is 23.3 Å². The Hall–Kier alpha value is -2.73. The Morgan fingerprint density at radius 2 is 1.94 bits per heavy atom. The van der Waals surface area contributed by atoms with E-state index in [1.807, 2.05) is 0 Å². The lowest BCUT2D eigenvalue weighted by Crippen LogP contribution is -2.28. The number of nitro benzene ring substituents is 1. The number of carbonyl (C=O) groups excluding carboxylic acids is 1. The molecule has 1 amide bonds. The van der Waals surface area contributed by atoms with E-state index in [2.05, 4.69) is 10.6 Å². The van der Waals surface area contributed by atoms with Crippen molar-refractivity contribution in [1.29, 1.82) is 0 Å². The summed E-state index contributed by atoms with van der Waals surface area (Å²) in [7, 11) is -2.27. The highest BCUT2D eigenvalue weighted by molar-refractivity contribution is 7.89. The summed E-state index contributed by atoms with van der Waals surface area (Å²) in [6.45, 7) is 1.58. The van der Waals surface area contributed by atoms with Crippen LogP contribution in [0.25, 0.3) is 0 Å². The van der Waals surface area contributed by atoms with Gasteiger partial charge in [0.15, 0.2) is 0 Å². The summed E-state index contributed by atoms with van der Waals surface area (Å²) in [5.74, 6) is -0.638. The van der Waals surface area contributed by atoms with E-state index in [0.29, 0.717) is 31.9 Å². The van der Waals surface area contributed by atoms with Crippen LogP contribution in [0.5, 0.6) is 0 Å². The maximum absolute atomic E-state index is 12.9. The van der Waals surface area contributed by atoms with Crippen molar-refractivity contribution in [3.8, 4) is 0 Å². The summed E-state index contributed by atoms with van der Waals surface area (Å²) >= 11 is 6.15. The molecule has 0 atom stereocenters. The molecule has 172 valence electrons. The van der Waals surface area contributed by atoms with Crippen molar-refractivity contribution in [3.63, 3.8) is 0 Å². The molecule has 2 aromatic rings. The monoisotopic (exact) mass is 482 g/mol. The van der Waals surface area contributed by atoms with Gasteiger partial charge in [-0.2, -0.15) is 4.31 Å². The second kappa shape index (κ2) is 10.3. The Labute approximate surface area is 190 Å². The lowest BCUT2D eigenvalue weighted by molar-refractivity contribution is -0.384. The Morgan fingerprint density at radius 1 is 1.22 bits per heavy atom. The zero-order chi connectivity index (χ0) is 23.3. The smallest absolute Gasteiger partial charge is 0.270 e. The van der Waals surface area contributed by atoms with E-state index in [0.717, 1.165) is 18.9 Å². The van der Waals surface area contributed by atoms with Crippen LogP contribution in [0, 0.1) is 10.1 Å². The van der Waals surface area contributed by atoms with Gasteiger partial charge in [0.05, 0.1) is 22.1 Å². The van der Waals surface area contributed by atoms with Crippen LogP contribution >= 0.6 is 11.6 Å². The Balaban J connectivity index is 1.90. The van der Waals surface area contributed by atoms with Gasteiger partial charge < -0.3 is 15.4 Å². The minimum absolute atomic E-state index is 0.0363. The van der Waals surface area contributed by atoms with Gasteiger partial charge in [0.25, 0.3) is 11.6 Å². The van der Waals surface area contributed by atoms with Gasteiger partial charge in [0.1, 0.15) is 4.90 Å². The fraction of sp³-hybridized carbons (Fsp3) is 0.350. The van der Waals surface area contributed by atoms with Crippen molar-refractivity contribution in [2.45, 2.75) is 17.7 Å². The SMILES string of the molecule is COCCNc1ccc([N+](=O)[O-])cc1C(=O)Nc1ccc(Cl)c(S(=O)(=O)N2CCCC2)c1. The molecule has 0 aliphatic carbocycles. The normalized spacial score (nSPS) is 14.3. The van der Waals surface area contributed by atoms with Gasteiger partial charge >= 0.3 is 0 Å². The molecular formula is C20H23ClN4O6S. The molecule has 0 radical (unpaired) electrons. The van der Waals surface area contributed by atoms with E-state index in [1.165, 1.54) is 41.7 Å². The van der Waals surface area contributed by atoms with Gasteiger partial charge in [0, 0.05) is 50.3 Å². The molecule has 1 heterocycles. The molecule has 10 nitrogen and oxygen atoms in total. The van der Waals surface area contributed by atoms with E-state index in [-0.39, 0.29) is 26.9 Å². The number of nitro groups is 1. The second-order valence-corrected chi connectivity index (χ2v) is 9.43. The van der Waals surface area contributed by atoms with E-state index in [1.54, 1.807) is 0 Å². The number of nitrogens with one attached hydrogen (secondary N) is 2. The molecule has 1 aliphatic rings. The summed E-state index contributed by atoms with van der Waals surface area (Å²) in [5.41, 5.74) is 0.366. The average molecular weight is 483 g/mol. The van der Waals surface area contributed by atoms with Gasteiger partial charge in [-0.25, -0.2) is 8.42 Å². The topological polar surface area (TPSA) is 131 Å². The van der Waals surface area contributed by atoms with Crippen molar-refractivity contribution in [2.75, 3.05) is 44.0 Å². The molecule has 12 heteroatoms. The summed E-state index contributed by atoms with van der Waals surface area (Å²) in [6.07, 6.45) is 1.55. The van der Waals surface area contributed by atoms with Crippen molar-refractivity contribution in [2.24, 2.45) is 0 Å². The summed E-state index contributed by atoms with van der Waals surface area (Å²) in [4.78, 5) is 23.4. The third-order valence-corrected chi connectivity index (χ3v) is 7.33. The first-order valence-corrected chi connectivity index (χ1v) is 11.7. The number of hydrogen-bond acceptors (Lipinski definition) is 7. The van der Waals surface area contributed by atoms with Crippen molar-refractivity contribution in [1.82, 2.24) is 4.31 Å². The molecular weight excluding hydrogens is 460 g/mol. The number of benzene rings is 2. The molecule has 1 aliphatic heterocycles. The second-order valence-electron chi connectivity index (χ2n) is 7.12. The Morgan fingerprint density at radius 3 is 2.59 bits per heavy atom. The minimum atomic E-state index is -3.80. The minimum Gasteiger partial charge on any atom is -0.383 e. The molecule has 2 N–H and O–H groups in total. The predicted molar refractivity (Wildman–Crippen MR) is 121 cm³/mol. The molecule has 2 aromatic carbocycles. The number of non-ortho nitro benzene ring substituents is 1. The summed E-state index contributed by atoms with van der Waals surface area (Å²) < 4.78 is 32.2. The van der Waals surface area contributed by atoms with Crippen LogP contribution in [-0.4, -0.2) is 56.9 Å². The highest BCUT2D eigenvalue weighted by atomic mass is 35.5. The van der Waals surface area contributed by atoms with Gasteiger partial charge in [-0.15, -0.1) is 0 Å². The molecule has 32 heavy (non-hydrogen) atoms. The largest absolute Gasteiger partial charge is 0.383 e. The third kappa shape index (κ3) is 5.36. The number of ether oxygens (including phenoxy) is 1. The fourth-order valence-electron chi connectivity index (χ4n) is 3.32. The van der Waals surface area contributed by atoms with E-state index < -0.39 is 20.9 Å². The average Bonchev–Trinajstić information content (AvgIpc) is 3.31. The molecule has 0 saturated carbocycles. The number of nitrogens with zero attached hydrogens (tertiary/aromatic N) is 2. The number of halogens is 1. The zero-order valence-electron chi connectivity index (χ0n) is 17.3. The van der Waals surface area contributed by atoms with E-state index >= 15 is 0 Å². The first-order chi connectivity index (χ1) is 15.2. The highest BCUT2D eigenvalue weighted by Crippen LogP contribution is 2.30. The van der Waals surface area contributed by atoms with Crippen LogP contribution in [-0.2, 0) is 14.8 Å². The van der Waals surface area contributed by atoms with Crippen LogP contribution in [0.4, 0.5) is 17.1 Å². The van der Waals surface area contributed by atoms with Crippen molar-refractivity contribution in [3.05, 3.63) is 57.1 Å². The maximum atomic E-state index is 12.9. The Bertz CT molecular complexity index is 1120. The van der Waals surface area contributed by atoms with Gasteiger partial charge in [-0.1, -0.05) is 11.6 Å². The molecule has 0 bridgehead atoms. The maximum Gasteiger partial charge on any atom is 0.270 e. The summed E-state index contributed by atoms with van der Waals surface area (Å²) in [6, 6.07) is 8.04. The number of amides is 1. The standard InChI is InChI=1S/C20H23ClN4O6S/c1-31-11-8-22-18-7-5-15(25(27)28)13-16(18)20(26)23-14-4-6-17(21)19(12-14)32(29,30)24-9-2-3-10-24/h4-7,12-13,22H,2-3,8-11H2,1H3,(H,23,26). The highest BCUT2D eigenvalue weighted by Gasteiger charge is 2.29. The van der Waals surface area contributed by atoms with Crippen LogP contribution < -0.4 is 10.6 Å². The lowest BCUT2D eigenvalue weighted by atomic mass is 10.1.